The summed E-state index contributed by atoms with van der Waals surface area (Å²) in [7, 11) is 1.82. The molecule has 0 aliphatic carbocycles. The Bertz CT molecular complexity index is 535. The number of nitrogens with zero attached hydrogens (tertiary/aromatic N) is 5. The lowest BCUT2D eigenvalue weighted by molar-refractivity contribution is -0.120. The highest BCUT2D eigenvalue weighted by atomic mass is 127. The van der Waals surface area contributed by atoms with Crippen LogP contribution in [0.5, 0.6) is 0 Å². The molecule has 130 valence electrons. The Hall–Kier alpha value is -1.39. The van der Waals surface area contributed by atoms with Crippen LogP contribution in [0.1, 0.15) is 13.3 Å². The van der Waals surface area contributed by atoms with E-state index in [0.717, 1.165) is 5.69 Å². The van der Waals surface area contributed by atoms with Gasteiger partial charge in [-0.15, -0.1) is 24.0 Å². The zero-order valence-corrected chi connectivity index (χ0v) is 15.9. The Kier molecular flexibility index (Phi) is 8.28. The van der Waals surface area contributed by atoms with E-state index in [4.69, 9.17) is 0 Å². The topological polar surface area (TPSA) is 65.8 Å². The lowest BCUT2D eigenvalue weighted by Gasteiger charge is -2.35. The zero-order valence-electron chi connectivity index (χ0n) is 13.5. The normalized spacial score (nSPS) is 15.6. The van der Waals surface area contributed by atoms with Crippen molar-refractivity contribution in [1.82, 2.24) is 20.0 Å². The van der Waals surface area contributed by atoms with Crippen molar-refractivity contribution in [2.45, 2.75) is 13.3 Å². The molecule has 0 aromatic carbocycles. The molecular weight excluding hydrogens is 414 g/mol. The fourth-order valence-electron chi connectivity index (χ4n) is 2.35. The van der Waals surface area contributed by atoms with Crippen LogP contribution in [0.2, 0.25) is 0 Å². The number of nitrogens with one attached hydrogen (secondary N) is 1. The van der Waals surface area contributed by atoms with Crippen molar-refractivity contribution in [3.05, 3.63) is 12.4 Å². The standard InChI is InChI=1S/C14H23FN6O.HI/c1-3-16-14(17-6-4-5-15)20-7-8-21(13(22)11-20)12-9-18-19(2)10-12;/h9-10H,3-8,11H2,1-2H3,(H,16,17);1H. The SMILES string of the molecule is CCNC(=NCCCF)N1CCN(c2cnn(C)c2)C(=O)C1.I. The maximum atomic E-state index is 12.4. The summed E-state index contributed by atoms with van der Waals surface area (Å²) >= 11 is 0. The highest BCUT2D eigenvalue weighted by molar-refractivity contribution is 14.0. The van der Waals surface area contributed by atoms with Crippen LogP contribution in [0.25, 0.3) is 0 Å². The molecule has 7 nitrogen and oxygen atoms in total. The van der Waals surface area contributed by atoms with Gasteiger partial charge < -0.3 is 15.1 Å². The first-order chi connectivity index (χ1) is 10.7. The van der Waals surface area contributed by atoms with E-state index in [0.29, 0.717) is 38.6 Å². The Morgan fingerprint density at radius 3 is 2.83 bits per heavy atom. The largest absolute Gasteiger partial charge is 0.357 e. The molecule has 1 fully saturated rings. The van der Waals surface area contributed by atoms with Crippen LogP contribution in [0, 0.1) is 0 Å². The van der Waals surface area contributed by atoms with Crippen LogP contribution in [0.4, 0.5) is 10.1 Å². The van der Waals surface area contributed by atoms with Gasteiger partial charge in [0.15, 0.2) is 5.96 Å². The molecule has 0 saturated carbocycles. The number of alkyl halides is 1. The summed E-state index contributed by atoms with van der Waals surface area (Å²) in [5.74, 6) is 0.686. The van der Waals surface area contributed by atoms with Crippen LogP contribution >= 0.6 is 24.0 Å². The number of piperazine rings is 1. The van der Waals surface area contributed by atoms with Gasteiger partial charge in [0.05, 0.1) is 18.6 Å². The lowest BCUT2D eigenvalue weighted by atomic mass is 10.3. The number of aromatic nitrogens is 2. The Morgan fingerprint density at radius 2 is 2.26 bits per heavy atom. The summed E-state index contributed by atoms with van der Waals surface area (Å²) < 4.78 is 13.9. The number of carbonyl (C=O) groups excluding carboxylic acids is 1. The smallest absolute Gasteiger partial charge is 0.246 e. The van der Waals surface area contributed by atoms with Gasteiger partial charge in [-0.05, 0) is 13.3 Å². The molecule has 0 bridgehead atoms. The van der Waals surface area contributed by atoms with Crippen molar-refractivity contribution >= 4 is 41.5 Å². The molecule has 0 atom stereocenters. The van der Waals surface area contributed by atoms with E-state index >= 15 is 0 Å². The highest BCUT2D eigenvalue weighted by Crippen LogP contribution is 2.16. The van der Waals surface area contributed by atoms with Gasteiger partial charge in [0.2, 0.25) is 5.91 Å². The van der Waals surface area contributed by atoms with E-state index in [9.17, 15) is 9.18 Å². The lowest BCUT2D eigenvalue weighted by Crippen LogP contribution is -2.55. The average molecular weight is 438 g/mol. The van der Waals surface area contributed by atoms with Crippen molar-refractivity contribution < 1.29 is 9.18 Å². The zero-order chi connectivity index (χ0) is 15.9. The van der Waals surface area contributed by atoms with Crippen molar-refractivity contribution in [3.63, 3.8) is 0 Å². The molecule has 1 aliphatic heterocycles. The fourth-order valence-corrected chi connectivity index (χ4v) is 2.35. The molecular formula is C14H24FIN6O. The molecule has 0 spiro atoms. The molecule has 1 aromatic rings. The van der Waals surface area contributed by atoms with Gasteiger partial charge >= 0.3 is 0 Å². The van der Waals surface area contributed by atoms with Crippen LogP contribution in [0.3, 0.4) is 0 Å². The molecule has 1 N–H and O–H groups in total. The number of halogens is 2. The number of rotatable bonds is 5. The summed E-state index contributed by atoms with van der Waals surface area (Å²) in [6, 6.07) is 0. The second-order valence-corrected chi connectivity index (χ2v) is 5.12. The van der Waals surface area contributed by atoms with Gasteiger partial charge in [-0.3, -0.25) is 18.9 Å². The Balaban J connectivity index is 0.00000264. The molecule has 0 unspecified atom stereocenters. The number of hydrogen-bond donors (Lipinski definition) is 1. The van der Waals surface area contributed by atoms with Gasteiger partial charge in [-0.25, -0.2) is 0 Å². The maximum Gasteiger partial charge on any atom is 0.246 e. The summed E-state index contributed by atoms with van der Waals surface area (Å²) in [5.41, 5.74) is 0.812. The monoisotopic (exact) mass is 438 g/mol. The number of amides is 1. The van der Waals surface area contributed by atoms with Crippen LogP contribution < -0.4 is 10.2 Å². The molecule has 23 heavy (non-hydrogen) atoms. The van der Waals surface area contributed by atoms with Gasteiger partial charge in [0.1, 0.15) is 6.54 Å². The third-order valence-electron chi connectivity index (χ3n) is 3.41. The second-order valence-electron chi connectivity index (χ2n) is 5.12. The van der Waals surface area contributed by atoms with E-state index in [-0.39, 0.29) is 43.1 Å². The first kappa shape index (κ1) is 19.7. The summed E-state index contributed by atoms with van der Waals surface area (Å²) in [4.78, 5) is 20.4. The van der Waals surface area contributed by atoms with Crippen molar-refractivity contribution in [3.8, 4) is 0 Å². The number of hydrogen-bond acceptors (Lipinski definition) is 3. The van der Waals surface area contributed by atoms with Crippen LogP contribution in [0.15, 0.2) is 17.4 Å². The first-order valence-electron chi connectivity index (χ1n) is 7.54. The van der Waals surface area contributed by atoms with E-state index in [1.165, 1.54) is 0 Å². The molecule has 1 saturated heterocycles. The molecule has 0 radical (unpaired) electrons. The van der Waals surface area contributed by atoms with Crippen LogP contribution in [-0.4, -0.2) is 65.9 Å². The fraction of sp³-hybridized carbons (Fsp3) is 0.643. The summed E-state index contributed by atoms with van der Waals surface area (Å²) in [6.07, 6.45) is 3.92. The predicted molar refractivity (Wildman–Crippen MR) is 99.1 cm³/mol. The quantitative estimate of drug-likeness (QED) is 0.323. The minimum absolute atomic E-state index is 0. The molecule has 1 amide bonds. The van der Waals surface area contributed by atoms with E-state index < -0.39 is 0 Å². The maximum absolute atomic E-state index is 12.4. The molecule has 1 aromatic heterocycles. The van der Waals surface area contributed by atoms with E-state index in [2.05, 4.69) is 15.4 Å². The Morgan fingerprint density at radius 1 is 1.48 bits per heavy atom. The van der Waals surface area contributed by atoms with E-state index in [1.54, 1.807) is 15.8 Å². The van der Waals surface area contributed by atoms with Crippen molar-refractivity contribution in [2.24, 2.45) is 12.0 Å². The first-order valence-corrected chi connectivity index (χ1v) is 7.54. The predicted octanol–water partition coefficient (Wildman–Crippen LogP) is 1.01. The Labute approximate surface area is 152 Å². The highest BCUT2D eigenvalue weighted by Gasteiger charge is 2.27. The van der Waals surface area contributed by atoms with E-state index in [1.807, 2.05) is 25.1 Å². The van der Waals surface area contributed by atoms with Gasteiger partial charge in [-0.1, -0.05) is 0 Å². The summed E-state index contributed by atoms with van der Waals surface area (Å²) in [5, 5.41) is 7.25. The number of anilines is 1. The van der Waals surface area contributed by atoms with Crippen LogP contribution in [-0.2, 0) is 11.8 Å². The van der Waals surface area contributed by atoms with Gasteiger partial charge in [0.25, 0.3) is 0 Å². The number of guanidine groups is 1. The third-order valence-corrected chi connectivity index (χ3v) is 3.41. The van der Waals surface area contributed by atoms with Crippen molar-refractivity contribution in [1.29, 1.82) is 0 Å². The second kappa shape index (κ2) is 9.68. The molecule has 9 heteroatoms. The summed E-state index contributed by atoms with van der Waals surface area (Å²) in [6.45, 7) is 4.26. The molecule has 1 aliphatic rings. The minimum Gasteiger partial charge on any atom is -0.357 e. The average Bonchev–Trinajstić information content (AvgIpc) is 2.93. The number of aliphatic imine (C=N–C) groups is 1. The van der Waals surface area contributed by atoms with Gasteiger partial charge in [-0.2, -0.15) is 5.10 Å². The van der Waals surface area contributed by atoms with Crippen molar-refractivity contribution in [2.75, 3.05) is 44.3 Å². The third kappa shape index (κ3) is 5.33. The minimum atomic E-state index is -0.378. The molecule has 2 rings (SSSR count). The number of carbonyl (C=O) groups is 1. The van der Waals surface area contributed by atoms with Gasteiger partial charge in [0, 0.05) is 39.4 Å². The molecule has 2 heterocycles. The number of aryl methyl sites for hydroxylation is 1.